The third-order valence-electron chi connectivity index (χ3n) is 4.33. The van der Waals surface area contributed by atoms with Crippen LogP contribution in [0.1, 0.15) is 26.7 Å². The maximum absolute atomic E-state index is 12.7. The van der Waals surface area contributed by atoms with Crippen LogP contribution >= 0.6 is 0 Å². The van der Waals surface area contributed by atoms with E-state index in [9.17, 15) is 18.0 Å². The quantitative estimate of drug-likeness (QED) is 0.727. The second kappa shape index (κ2) is 8.50. The first kappa shape index (κ1) is 20.2. The first-order valence-corrected chi connectivity index (χ1v) is 9.96. The van der Waals surface area contributed by atoms with Gasteiger partial charge in [-0.25, -0.2) is 8.42 Å². The molecule has 9 heteroatoms. The molecule has 1 heterocycles. The molecular formula is C17H24N2O6S. The second-order valence-electron chi connectivity index (χ2n) is 6.15. The highest BCUT2D eigenvalue weighted by atomic mass is 32.2. The molecule has 8 nitrogen and oxygen atoms in total. The molecule has 0 aliphatic carbocycles. The van der Waals surface area contributed by atoms with Crippen molar-refractivity contribution in [2.45, 2.75) is 37.6 Å². The van der Waals surface area contributed by atoms with E-state index < -0.39 is 22.0 Å². The van der Waals surface area contributed by atoms with E-state index in [0.29, 0.717) is 25.2 Å². The van der Waals surface area contributed by atoms with Crippen LogP contribution in [0.15, 0.2) is 29.2 Å². The summed E-state index contributed by atoms with van der Waals surface area (Å²) < 4.78 is 32.1. The van der Waals surface area contributed by atoms with Gasteiger partial charge < -0.3 is 15.2 Å². The van der Waals surface area contributed by atoms with Crippen molar-refractivity contribution in [2.75, 3.05) is 19.7 Å². The molecule has 2 rings (SSSR count). The van der Waals surface area contributed by atoms with Gasteiger partial charge >= 0.3 is 5.97 Å². The van der Waals surface area contributed by atoms with Gasteiger partial charge in [0.25, 0.3) is 0 Å². The highest BCUT2D eigenvalue weighted by Gasteiger charge is 2.32. The van der Waals surface area contributed by atoms with Crippen molar-refractivity contribution in [2.24, 2.45) is 5.92 Å². The number of ether oxygens (including phenoxy) is 1. The highest BCUT2D eigenvalue weighted by molar-refractivity contribution is 7.89. The number of amides is 1. The smallest absolute Gasteiger partial charge is 0.325 e. The lowest BCUT2D eigenvalue weighted by molar-refractivity contribution is -0.142. The second-order valence-corrected chi connectivity index (χ2v) is 8.09. The minimum Gasteiger partial charge on any atom is -0.494 e. The molecule has 0 bridgehead atoms. The van der Waals surface area contributed by atoms with Crippen molar-refractivity contribution in [3.63, 3.8) is 0 Å². The summed E-state index contributed by atoms with van der Waals surface area (Å²) in [5.74, 6) is -1.23. The van der Waals surface area contributed by atoms with Crippen molar-refractivity contribution >= 4 is 21.9 Å². The Bertz CT molecular complexity index is 739. The lowest BCUT2D eigenvalue weighted by Gasteiger charge is -2.30. The molecule has 0 aromatic heterocycles. The van der Waals surface area contributed by atoms with Crippen molar-refractivity contribution in [3.05, 3.63) is 24.3 Å². The van der Waals surface area contributed by atoms with Crippen LogP contribution in [0.5, 0.6) is 5.75 Å². The van der Waals surface area contributed by atoms with Crippen LogP contribution in [0.3, 0.4) is 0 Å². The third kappa shape index (κ3) is 4.73. The predicted octanol–water partition coefficient (Wildman–Crippen LogP) is 1.08. The van der Waals surface area contributed by atoms with Gasteiger partial charge in [-0.2, -0.15) is 4.31 Å². The Morgan fingerprint density at radius 1 is 1.27 bits per heavy atom. The Kier molecular flexibility index (Phi) is 6.60. The number of aliphatic carboxylic acids is 1. The number of nitrogens with zero attached hydrogens (tertiary/aromatic N) is 1. The number of carboxylic acids is 1. The van der Waals surface area contributed by atoms with Crippen molar-refractivity contribution < 1.29 is 27.9 Å². The Hall–Kier alpha value is -2.13. The molecule has 1 aromatic carbocycles. The average molecular weight is 384 g/mol. The monoisotopic (exact) mass is 384 g/mol. The van der Waals surface area contributed by atoms with E-state index in [4.69, 9.17) is 9.84 Å². The van der Waals surface area contributed by atoms with Gasteiger partial charge in [0.15, 0.2) is 0 Å². The van der Waals surface area contributed by atoms with Crippen LogP contribution < -0.4 is 10.1 Å². The molecule has 0 saturated carbocycles. The highest BCUT2D eigenvalue weighted by Crippen LogP contribution is 2.25. The molecule has 0 radical (unpaired) electrons. The van der Waals surface area contributed by atoms with Gasteiger partial charge in [0.05, 0.1) is 11.5 Å². The van der Waals surface area contributed by atoms with Crippen molar-refractivity contribution in [3.8, 4) is 5.75 Å². The Morgan fingerprint density at radius 2 is 1.85 bits per heavy atom. The molecule has 0 unspecified atom stereocenters. The SMILES string of the molecule is CCOc1ccc(S(=O)(=O)N2CCC(C(=O)N[C@H](C)C(=O)O)CC2)cc1. The minimum absolute atomic E-state index is 0.184. The van der Waals surface area contributed by atoms with Gasteiger partial charge in [-0.1, -0.05) is 0 Å². The van der Waals surface area contributed by atoms with Crippen LogP contribution in [0, 0.1) is 5.92 Å². The molecule has 0 spiro atoms. The molecule has 1 saturated heterocycles. The fourth-order valence-corrected chi connectivity index (χ4v) is 4.24. The van der Waals surface area contributed by atoms with Crippen LogP contribution in [-0.4, -0.2) is 55.4 Å². The molecule has 144 valence electrons. The number of hydrogen-bond acceptors (Lipinski definition) is 5. The van der Waals surface area contributed by atoms with E-state index in [1.807, 2.05) is 6.92 Å². The Morgan fingerprint density at radius 3 is 2.35 bits per heavy atom. The summed E-state index contributed by atoms with van der Waals surface area (Å²) in [5, 5.41) is 11.3. The fraction of sp³-hybridized carbons (Fsp3) is 0.529. The number of sulfonamides is 1. The van der Waals surface area contributed by atoms with Crippen LogP contribution in [0.25, 0.3) is 0 Å². The predicted molar refractivity (Wildman–Crippen MR) is 94.3 cm³/mol. The summed E-state index contributed by atoms with van der Waals surface area (Å²) in [4.78, 5) is 23.1. The minimum atomic E-state index is -3.63. The maximum atomic E-state index is 12.7. The normalized spacial score (nSPS) is 17.5. The van der Waals surface area contributed by atoms with Gasteiger partial charge in [0.1, 0.15) is 11.8 Å². The van der Waals surface area contributed by atoms with E-state index >= 15 is 0 Å². The van der Waals surface area contributed by atoms with E-state index in [1.165, 1.54) is 23.4 Å². The summed E-state index contributed by atoms with van der Waals surface area (Å²) in [6.45, 7) is 4.18. The molecule has 1 aromatic rings. The van der Waals surface area contributed by atoms with E-state index in [2.05, 4.69) is 5.32 Å². The number of rotatable bonds is 7. The average Bonchev–Trinajstić information content (AvgIpc) is 2.62. The lowest BCUT2D eigenvalue weighted by Crippen LogP contribution is -2.46. The number of nitrogens with one attached hydrogen (secondary N) is 1. The number of carbonyl (C=O) groups excluding carboxylic acids is 1. The van der Waals surface area contributed by atoms with Crippen LogP contribution in [-0.2, 0) is 19.6 Å². The molecule has 2 N–H and O–H groups in total. The number of hydrogen-bond donors (Lipinski definition) is 2. The zero-order valence-electron chi connectivity index (χ0n) is 14.8. The van der Waals surface area contributed by atoms with Gasteiger partial charge in [0.2, 0.25) is 15.9 Å². The zero-order chi connectivity index (χ0) is 19.3. The van der Waals surface area contributed by atoms with Crippen LogP contribution in [0.4, 0.5) is 0 Å². The first-order valence-electron chi connectivity index (χ1n) is 8.52. The van der Waals surface area contributed by atoms with Crippen LogP contribution in [0.2, 0.25) is 0 Å². The van der Waals surface area contributed by atoms with Gasteiger partial charge in [-0.05, 0) is 51.0 Å². The molecule has 1 aliphatic heterocycles. The van der Waals surface area contributed by atoms with Crippen molar-refractivity contribution in [1.82, 2.24) is 9.62 Å². The summed E-state index contributed by atoms with van der Waals surface area (Å²) >= 11 is 0. The standard InChI is InChI=1S/C17H24N2O6S/c1-3-25-14-4-6-15(7-5-14)26(23,24)19-10-8-13(9-11-19)16(20)18-12(2)17(21)22/h4-7,12-13H,3,8-11H2,1-2H3,(H,18,20)(H,21,22)/t12-/m1/s1. The zero-order valence-corrected chi connectivity index (χ0v) is 15.7. The van der Waals surface area contributed by atoms with Gasteiger partial charge in [-0.15, -0.1) is 0 Å². The van der Waals surface area contributed by atoms with Gasteiger partial charge in [0, 0.05) is 19.0 Å². The largest absolute Gasteiger partial charge is 0.494 e. The molecule has 1 atom stereocenters. The van der Waals surface area contributed by atoms with Gasteiger partial charge in [-0.3, -0.25) is 9.59 Å². The van der Waals surface area contributed by atoms with E-state index in [1.54, 1.807) is 12.1 Å². The summed E-state index contributed by atoms with van der Waals surface area (Å²) in [6.07, 6.45) is 0.711. The first-order chi connectivity index (χ1) is 12.3. The number of carbonyl (C=O) groups is 2. The fourth-order valence-electron chi connectivity index (χ4n) is 2.77. The number of piperidine rings is 1. The van der Waals surface area contributed by atoms with Crippen molar-refractivity contribution in [1.29, 1.82) is 0 Å². The maximum Gasteiger partial charge on any atom is 0.325 e. The Balaban J connectivity index is 1.97. The molecule has 1 aliphatic rings. The number of benzene rings is 1. The third-order valence-corrected chi connectivity index (χ3v) is 6.24. The Labute approximate surface area is 153 Å². The van der Waals surface area contributed by atoms with E-state index in [0.717, 1.165) is 0 Å². The van der Waals surface area contributed by atoms with E-state index in [-0.39, 0.29) is 29.8 Å². The number of carboxylic acid groups (broad SMARTS) is 1. The molecule has 1 amide bonds. The summed E-state index contributed by atoms with van der Waals surface area (Å²) in [5.41, 5.74) is 0. The summed E-state index contributed by atoms with van der Waals surface area (Å²) in [7, 11) is -3.63. The summed E-state index contributed by atoms with van der Waals surface area (Å²) in [6, 6.07) is 5.28. The molecule has 1 fully saturated rings. The topological polar surface area (TPSA) is 113 Å². The molecular weight excluding hydrogens is 360 g/mol. The lowest BCUT2D eigenvalue weighted by atomic mass is 9.97. The molecule has 26 heavy (non-hydrogen) atoms.